The molecule has 3 heterocycles. The predicted molar refractivity (Wildman–Crippen MR) is 224 cm³/mol. The molecule has 0 aliphatic heterocycles. The Morgan fingerprint density at radius 2 is 0.836 bits per heavy atom. The van der Waals surface area contributed by atoms with E-state index in [1.165, 1.54) is 32.6 Å². The minimum absolute atomic E-state index is 0.585. The summed E-state index contributed by atoms with van der Waals surface area (Å²) in [7, 11) is 0. The first-order valence-electron chi connectivity index (χ1n) is 18.3. The van der Waals surface area contributed by atoms with Crippen molar-refractivity contribution in [2.75, 3.05) is 0 Å². The lowest BCUT2D eigenvalue weighted by Gasteiger charge is -2.16. The van der Waals surface area contributed by atoms with Gasteiger partial charge in [-0.2, -0.15) is 10.5 Å². The topological polar surface area (TPSA) is 62.4 Å². The first-order valence-corrected chi connectivity index (χ1v) is 18.3. The minimum atomic E-state index is 0.585. The fourth-order valence-electron chi connectivity index (χ4n) is 8.77. The molecule has 0 fully saturated rings. The Kier molecular flexibility index (Phi) is 6.61. The quantitative estimate of drug-likeness (QED) is 0.184. The number of nitriles is 2. The van der Waals surface area contributed by atoms with Crippen molar-refractivity contribution in [1.82, 2.24) is 13.7 Å². The number of hydrogen-bond acceptors (Lipinski definition) is 2. The van der Waals surface area contributed by atoms with Crippen LogP contribution in [0.5, 0.6) is 0 Å². The lowest BCUT2D eigenvalue weighted by atomic mass is 10.00. The van der Waals surface area contributed by atoms with E-state index in [1.807, 2.05) is 48.5 Å². The van der Waals surface area contributed by atoms with Crippen molar-refractivity contribution in [2.24, 2.45) is 0 Å². The second kappa shape index (κ2) is 11.8. The van der Waals surface area contributed by atoms with Crippen molar-refractivity contribution < 1.29 is 0 Å². The van der Waals surface area contributed by atoms with Gasteiger partial charge in [0, 0.05) is 43.6 Å². The van der Waals surface area contributed by atoms with Crippen LogP contribution in [0.15, 0.2) is 176 Å². The van der Waals surface area contributed by atoms with Crippen LogP contribution in [0.2, 0.25) is 0 Å². The summed E-state index contributed by atoms with van der Waals surface area (Å²) in [6.07, 6.45) is 0. The molecule has 0 bridgehead atoms. The van der Waals surface area contributed by atoms with E-state index >= 15 is 0 Å². The third-order valence-corrected chi connectivity index (χ3v) is 11.1. The van der Waals surface area contributed by atoms with Gasteiger partial charge in [-0.1, -0.05) is 97.1 Å². The Morgan fingerprint density at radius 1 is 0.345 bits per heavy atom. The molecule has 0 radical (unpaired) electrons. The van der Waals surface area contributed by atoms with Crippen molar-refractivity contribution in [2.45, 2.75) is 0 Å². The van der Waals surface area contributed by atoms with Crippen molar-refractivity contribution in [3.8, 4) is 40.3 Å². The van der Waals surface area contributed by atoms with Crippen molar-refractivity contribution in [1.29, 1.82) is 10.5 Å². The van der Waals surface area contributed by atoms with Crippen molar-refractivity contribution in [3.63, 3.8) is 0 Å². The van der Waals surface area contributed by atoms with Gasteiger partial charge in [-0.25, -0.2) is 0 Å². The van der Waals surface area contributed by atoms with Crippen molar-refractivity contribution >= 4 is 65.4 Å². The SMILES string of the molecule is N#Cc1ccc(-n2c3ccccc3c3ccc(C#N)cc32)c(-c2ccc(-n3c4ccccc4c4c(-n5c6ccccc6c6ccccc65)cccc43)cc2)c1. The summed E-state index contributed by atoms with van der Waals surface area (Å²) >= 11 is 0. The Balaban J connectivity index is 1.12. The van der Waals surface area contributed by atoms with Gasteiger partial charge >= 0.3 is 0 Å². The zero-order valence-electron chi connectivity index (χ0n) is 29.5. The standard InChI is InChI=1S/C50H29N5/c51-30-32-21-27-46(55-44-16-7-3-12-38(44)39-26-20-33(31-52)29-49(39)55)41(28-32)34-22-24-35(25-23-34)53-45-17-8-4-13-40(45)50-47(53)18-9-19-48(50)54-42-14-5-1-10-36(42)37-11-2-6-15-43(37)54/h1-29H. The van der Waals surface area contributed by atoms with E-state index < -0.39 is 0 Å². The molecule has 5 nitrogen and oxygen atoms in total. The summed E-state index contributed by atoms with van der Waals surface area (Å²) in [4.78, 5) is 0. The predicted octanol–water partition coefficient (Wildman–Crippen LogP) is 12.4. The van der Waals surface area contributed by atoms with Crippen LogP contribution in [0.25, 0.3) is 93.6 Å². The largest absolute Gasteiger partial charge is 0.309 e. The van der Waals surface area contributed by atoms with Crippen LogP contribution < -0.4 is 0 Å². The average molecular weight is 700 g/mol. The summed E-state index contributed by atoms with van der Waals surface area (Å²) in [5, 5.41) is 26.9. The van der Waals surface area contributed by atoms with Gasteiger partial charge in [-0.15, -0.1) is 0 Å². The maximum absolute atomic E-state index is 10.0. The Bertz CT molecular complexity index is 3400. The fraction of sp³-hybridized carbons (Fsp3) is 0. The van der Waals surface area contributed by atoms with Gasteiger partial charge in [-0.05, 0) is 84.4 Å². The minimum Gasteiger partial charge on any atom is -0.309 e. The maximum atomic E-state index is 10.0. The summed E-state index contributed by atoms with van der Waals surface area (Å²) in [5.41, 5.74) is 12.9. The zero-order valence-corrected chi connectivity index (χ0v) is 29.5. The molecule has 0 aliphatic carbocycles. The molecule has 5 heteroatoms. The molecule has 0 atom stereocenters. The summed E-state index contributed by atoms with van der Waals surface area (Å²) in [5.74, 6) is 0. The maximum Gasteiger partial charge on any atom is 0.0992 e. The lowest BCUT2D eigenvalue weighted by molar-refractivity contribution is 1.16. The number of para-hydroxylation sites is 4. The molecule has 0 N–H and O–H groups in total. The van der Waals surface area contributed by atoms with E-state index in [4.69, 9.17) is 0 Å². The van der Waals surface area contributed by atoms with Gasteiger partial charge in [0.05, 0.1) is 67.7 Å². The van der Waals surface area contributed by atoms with Crippen molar-refractivity contribution in [3.05, 3.63) is 187 Å². The summed E-state index contributed by atoms with van der Waals surface area (Å²) in [6.45, 7) is 0. The molecule has 0 spiro atoms. The van der Waals surface area contributed by atoms with Gasteiger partial charge in [0.25, 0.3) is 0 Å². The van der Waals surface area contributed by atoms with Crippen LogP contribution in [0.3, 0.4) is 0 Å². The third-order valence-electron chi connectivity index (χ3n) is 11.1. The Hall–Kier alpha value is -7.86. The number of hydrogen-bond donors (Lipinski definition) is 0. The number of benzene rings is 8. The summed E-state index contributed by atoms with van der Waals surface area (Å²) < 4.78 is 6.98. The molecular formula is C50H29N5. The Morgan fingerprint density at radius 3 is 1.45 bits per heavy atom. The number of rotatable bonds is 4. The van der Waals surface area contributed by atoms with Crippen LogP contribution in [-0.2, 0) is 0 Å². The van der Waals surface area contributed by atoms with Crippen LogP contribution in [0.1, 0.15) is 11.1 Å². The van der Waals surface area contributed by atoms with Crippen LogP contribution in [-0.4, -0.2) is 13.7 Å². The number of fused-ring (bicyclic) bond motifs is 9. The first-order chi connectivity index (χ1) is 27.2. The second-order valence-corrected chi connectivity index (χ2v) is 14.0. The molecule has 11 rings (SSSR count). The Labute approximate surface area is 316 Å². The molecule has 55 heavy (non-hydrogen) atoms. The van der Waals surface area contributed by atoms with Crippen LogP contribution >= 0.6 is 0 Å². The second-order valence-electron chi connectivity index (χ2n) is 14.0. The van der Waals surface area contributed by atoms with E-state index in [0.29, 0.717) is 11.1 Å². The van der Waals surface area contributed by atoms with E-state index in [9.17, 15) is 10.5 Å². The highest BCUT2D eigenvalue weighted by Gasteiger charge is 2.20. The van der Waals surface area contributed by atoms with Crippen LogP contribution in [0, 0.1) is 22.7 Å². The van der Waals surface area contributed by atoms with E-state index in [-0.39, 0.29) is 0 Å². The summed E-state index contributed by atoms with van der Waals surface area (Å²) in [6, 6.07) is 65.9. The highest BCUT2D eigenvalue weighted by atomic mass is 15.0. The highest BCUT2D eigenvalue weighted by molar-refractivity contribution is 6.16. The molecule has 254 valence electrons. The van der Waals surface area contributed by atoms with E-state index in [0.717, 1.165) is 61.0 Å². The normalized spacial score (nSPS) is 11.6. The van der Waals surface area contributed by atoms with Crippen LogP contribution in [0.4, 0.5) is 0 Å². The molecule has 0 unspecified atom stereocenters. The van der Waals surface area contributed by atoms with Gasteiger partial charge < -0.3 is 13.7 Å². The van der Waals surface area contributed by atoms with Gasteiger partial charge in [0.15, 0.2) is 0 Å². The molecule has 0 aliphatic rings. The van der Waals surface area contributed by atoms with Gasteiger partial charge in [-0.3, -0.25) is 0 Å². The molecule has 8 aromatic carbocycles. The van der Waals surface area contributed by atoms with E-state index in [2.05, 4.69) is 153 Å². The lowest BCUT2D eigenvalue weighted by Crippen LogP contribution is -1.99. The number of nitrogens with zero attached hydrogens (tertiary/aromatic N) is 5. The monoisotopic (exact) mass is 699 g/mol. The number of aromatic nitrogens is 3. The molecule has 0 saturated heterocycles. The fourth-order valence-corrected chi connectivity index (χ4v) is 8.77. The zero-order chi connectivity index (χ0) is 36.6. The van der Waals surface area contributed by atoms with E-state index in [1.54, 1.807) is 0 Å². The molecular weight excluding hydrogens is 671 g/mol. The van der Waals surface area contributed by atoms with Gasteiger partial charge in [0.2, 0.25) is 0 Å². The molecule has 11 aromatic rings. The smallest absolute Gasteiger partial charge is 0.0992 e. The third kappa shape index (κ3) is 4.45. The molecule has 0 amide bonds. The average Bonchev–Trinajstić information content (AvgIpc) is 3.89. The molecule has 0 saturated carbocycles. The first kappa shape index (κ1) is 30.7. The molecule has 3 aromatic heterocycles. The van der Waals surface area contributed by atoms with Gasteiger partial charge in [0.1, 0.15) is 0 Å². The highest BCUT2D eigenvalue weighted by Crippen LogP contribution is 2.41.